The fraction of sp³-hybridized carbons (Fsp3) is 0.545. The minimum atomic E-state index is -0.720. The van der Waals surface area contributed by atoms with Gasteiger partial charge in [0.05, 0.1) is 0 Å². The average molecular weight is 237 g/mol. The number of aliphatic imine (C=N–C) groups is 1. The molecule has 0 aliphatic heterocycles. The van der Waals surface area contributed by atoms with Crippen LogP contribution in [0.25, 0.3) is 0 Å². The van der Waals surface area contributed by atoms with Crippen LogP contribution in [-0.4, -0.2) is 27.3 Å². The van der Waals surface area contributed by atoms with Crippen molar-refractivity contribution in [1.82, 2.24) is 9.97 Å². The van der Waals surface area contributed by atoms with Crippen molar-refractivity contribution in [2.45, 2.75) is 38.1 Å². The average Bonchev–Trinajstić information content (AvgIpc) is 2.29. The van der Waals surface area contributed by atoms with E-state index in [1.54, 1.807) is 0 Å². The van der Waals surface area contributed by atoms with E-state index in [-0.39, 0.29) is 11.6 Å². The molecule has 1 aliphatic carbocycles. The van der Waals surface area contributed by atoms with Crippen LogP contribution in [0, 0.1) is 0 Å². The molecule has 6 nitrogen and oxygen atoms in total. The van der Waals surface area contributed by atoms with Gasteiger partial charge in [0.25, 0.3) is 5.56 Å². The Morgan fingerprint density at radius 1 is 1.18 bits per heavy atom. The molecule has 92 valence electrons. The number of nitrogens with zero attached hydrogens (tertiary/aromatic N) is 1. The van der Waals surface area contributed by atoms with Crippen LogP contribution in [0.4, 0.5) is 0 Å². The van der Waals surface area contributed by atoms with Crippen LogP contribution in [0.15, 0.2) is 14.6 Å². The predicted octanol–water partition coefficient (Wildman–Crippen LogP) is 0.520. The number of aromatic hydroxyl groups is 1. The fourth-order valence-electron chi connectivity index (χ4n) is 2.01. The van der Waals surface area contributed by atoms with Gasteiger partial charge in [-0.05, 0) is 12.8 Å². The van der Waals surface area contributed by atoms with Crippen molar-refractivity contribution >= 4 is 6.21 Å². The first-order chi connectivity index (χ1) is 8.16. The monoisotopic (exact) mass is 237 g/mol. The van der Waals surface area contributed by atoms with Gasteiger partial charge in [-0.15, -0.1) is 0 Å². The minimum absolute atomic E-state index is 0.00942. The summed E-state index contributed by atoms with van der Waals surface area (Å²) in [5.74, 6) is -0.432. The molecule has 1 aromatic heterocycles. The highest BCUT2D eigenvalue weighted by Crippen LogP contribution is 2.20. The lowest BCUT2D eigenvalue weighted by atomic mass is 9.96. The largest absolute Gasteiger partial charge is 0.494 e. The molecule has 3 N–H and O–H groups in total. The van der Waals surface area contributed by atoms with Gasteiger partial charge >= 0.3 is 5.69 Å². The van der Waals surface area contributed by atoms with E-state index in [1.807, 2.05) is 4.98 Å². The first-order valence-electron chi connectivity index (χ1n) is 5.75. The zero-order chi connectivity index (χ0) is 12.3. The summed E-state index contributed by atoms with van der Waals surface area (Å²) >= 11 is 0. The second-order valence-corrected chi connectivity index (χ2v) is 4.24. The molecule has 0 aromatic carbocycles. The van der Waals surface area contributed by atoms with Gasteiger partial charge in [-0.1, -0.05) is 19.3 Å². The first kappa shape index (κ1) is 11.6. The fourth-order valence-corrected chi connectivity index (χ4v) is 2.01. The molecule has 17 heavy (non-hydrogen) atoms. The second-order valence-electron chi connectivity index (χ2n) is 4.24. The number of nitrogens with one attached hydrogen (secondary N) is 2. The van der Waals surface area contributed by atoms with Gasteiger partial charge < -0.3 is 5.11 Å². The van der Waals surface area contributed by atoms with Crippen molar-refractivity contribution in [2.75, 3.05) is 0 Å². The Kier molecular flexibility index (Phi) is 3.41. The van der Waals surface area contributed by atoms with E-state index in [9.17, 15) is 14.7 Å². The van der Waals surface area contributed by atoms with Crippen LogP contribution in [-0.2, 0) is 0 Å². The smallest absolute Gasteiger partial charge is 0.328 e. The van der Waals surface area contributed by atoms with Gasteiger partial charge in [0.15, 0.2) is 0 Å². The quantitative estimate of drug-likeness (QED) is 0.654. The molecule has 1 fully saturated rings. The van der Waals surface area contributed by atoms with Crippen LogP contribution in [0.2, 0.25) is 0 Å². The highest BCUT2D eigenvalue weighted by Gasteiger charge is 2.12. The van der Waals surface area contributed by atoms with Crippen LogP contribution >= 0.6 is 0 Å². The first-order valence-corrected chi connectivity index (χ1v) is 5.75. The normalized spacial score (nSPS) is 17.6. The molecular formula is C11H15N3O3. The predicted molar refractivity (Wildman–Crippen MR) is 63.8 cm³/mol. The van der Waals surface area contributed by atoms with E-state index in [0.29, 0.717) is 0 Å². The molecule has 1 heterocycles. The maximum atomic E-state index is 11.4. The maximum Gasteiger partial charge on any atom is 0.328 e. The molecule has 0 bridgehead atoms. The number of hydrogen-bond donors (Lipinski definition) is 3. The van der Waals surface area contributed by atoms with E-state index in [0.717, 1.165) is 25.7 Å². The molecule has 0 radical (unpaired) electrons. The van der Waals surface area contributed by atoms with Gasteiger partial charge in [-0.2, -0.15) is 0 Å². The Morgan fingerprint density at radius 2 is 1.88 bits per heavy atom. The highest BCUT2D eigenvalue weighted by atomic mass is 16.3. The van der Waals surface area contributed by atoms with Crippen molar-refractivity contribution in [3.05, 3.63) is 26.4 Å². The third-order valence-electron chi connectivity index (χ3n) is 2.95. The maximum absolute atomic E-state index is 11.4. The summed E-state index contributed by atoms with van der Waals surface area (Å²) in [7, 11) is 0. The Bertz CT molecular complexity index is 523. The molecule has 1 aromatic rings. The summed E-state index contributed by atoms with van der Waals surface area (Å²) in [4.78, 5) is 30.7. The van der Waals surface area contributed by atoms with Crippen molar-refractivity contribution < 1.29 is 5.11 Å². The lowest BCUT2D eigenvalue weighted by Crippen LogP contribution is -2.25. The number of rotatable bonds is 2. The number of hydrogen-bond acceptors (Lipinski definition) is 4. The summed E-state index contributed by atoms with van der Waals surface area (Å²) < 4.78 is 0. The molecule has 0 amide bonds. The molecule has 2 rings (SSSR count). The molecule has 1 aliphatic rings. The van der Waals surface area contributed by atoms with Gasteiger partial charge in [0.2, 0.25) is 5.88 Å². The van der Waals surface area contributed by atoms with Crippen LogP contribution in [0.3, 0.4) is 0 Å². The molecule has 1 saturated carbocycles. The second kappa shape index (κ2) is 4.99. The van der Waals surface area contributed by atoms with E-state index in [4.69, 9.17) is 0 Å². The lowest BCUT2D eigenvalue weighted by molar-refractivity contribution is 0.441. The summed E-state index contributed by atoms with van der Waals surface area (Å²) in [5.41, 5.74) is -1.33. The van der Waals surface area contributed by atoms with Crippen molar-refractivity contribution in [3.63, 3.8) is 0 Å². The summed E-state index contributed by atoms with van der Waals surface area (Å²) in [6.45, 7) is 0. The third kappa shape index (κ3) is 2.83. The zero-order valence-corrected chi connectivity index (χ0v) is 9.40. The van der Waals surface area contributed by atoms with Gasteiger partial charge in [0.1, 0.15) is 5.56 Å². The van der Waals surface area contributed by atoms with E-state index in [2.05, 4.69) is 9.98 Å². The summed E-state index contributed by atoms with van der Waals surface area (Å²) in [6, 6.07) is 0.217. The van der Waals surface area contributed by atoms with Crippen LogP contribution in [0.5, 0.6) is 5.88 Å². The highest BCUT2D eigenvalue weighted by molar-refractivity contribution is 5.81. The Morgan fingerprint density at radius 3 is 2.53 bits per heavy atom. The van der Waals surface area contributed by atoms with Crippen LogP contribution in [0.1, 0.15) is 37.7 Å². The van der Waals surface area contributed by atoms with Gasteiger partial charge in [-0.25, -0.2) is 4.79 Å². The topological polar surface area (TPSA) is 98.3 Å². The van der Waals surface area contributed by atoms with E-state index >= 15 is 0 Å². The van der Waals surface area contributed by atoms with Gasteiger partial charge in [-0.3, -0.25) is 19.8 Å². The number of aromatic nitrogens is 2. The van der Waals surface area contributed by atoms with Crippen molar-refractivity contribution in [2.24, 2.45) is 4.99 Å². The third-order valence-corrected chi connectivity index (χ3v) is 2.95. The Balaban J connectivity index is 2.20. The SMILES string of the molecule is O=c1[nH]c(O)c(C=NC2CCCCC2)c(=O)[nH]1. The van der Waals surface area contributed by atoms with Crippen molar-refractivity contribution in [3.8, 4) is 5.88 Å². The van der Waals surface area contributed by atoms with Crippen molar-refractivity contribution in [1.29, 1.82) is 0 Å². The molecular weight excluding hydrogens is 222 g/mol. The Hall–Kier alpha value is -1.85. The molecule has 0 spiro atoms. The molecule has 0 saturated heterocycles. The molecule has 6 heteroatoms. The van der Waals surface area contributed by atoms with Gasteiger partial charge in [0, 0.05) is 12.3 Å². The van der Waals surface area contributed by atoms with E-state index in [1.165, 1.54) is 12.6 Å². The standard InChI is InChI=1S/C11H15N3O3/c15-9-8(10(16)14-11(17)13-9)6-12-7-4-2-1-3-5-7/h6-7H,1-5H2,(H3,13,14,15,16,17). The number of aromatic amines is 2. The molecule has 0 atom stereocenters. The number of H-pyrrole nitrogens is 2. The molecule has 0 unspecified atom stereocenters. The lowest BCUT2D eigenvalue weighted by Gasteiger charge is -2.16. The zero-order valence-electron chi connectivity index (χ0n) is 9.40. The van der Waals surface area contributed by atoms with E-state index < -0.39 is 17.1 Å². The minimum Gasteiger partial charge on any atom is -0.494 e. The summed E-state index contributed by atoms with van der Waals surface area (Å²) in [6.07, 6.45) is 6.90. The Labute approximate surface area is 97.4 Å². The summed E-state index contributed by atoms with van der Waals surface area (Å²) in [5, 5.41) is 9.43. The van der Waals surface area contributed by atoms with Crippen LogP contribution < -0.4 is 11.2 Å².